The van der Waals surface area contributed by atoms with Crippen LogP contribution in [0.25, 0.3) is 6.08 Å². The van der Waals surface area contributed by atoms with Crippen LogP contribution in [0.3, 0.4) is 0 Å². The van der Waals surface area contributed by atoms with Gasteiger partial charge in [-0.15, -0.1) is 0 Å². The summed E-state index contributed by atoms with van der Waals surface area (Å²) in [7, 11) is 0. The molecule has 0 radical (unpaired) electrons. The third kappa shape index (κ3) is 3.99. The number of carbonyl (C=O) groups excluding carboxylic acids is 1. The number of aryl methyl sites for hydroxylation is 1. The van der Waals surface area contributed by atoms with Gasteiger partial charge >= 0.3 is 0 Å². The first-order valence-corrected chi connectivity index (χ1v) is 8.02. The molecule has 3 rings (SSSR count). The Morgan fingerprint density at radius 1 is 1.39 bits per heavy atom. The van der Waals surface area contributed by atoms with E-state index in [1.807, 2.05) is 17.0 Å². The zero-order valence-electron chi connectivity index (χ0n) is 12.9. The number of piperidine rings is 1. The van der Waals surface area contributed by atoms with Crippen LogP contribution in [-0.4, -0.2) is 34.0 Å². The average Bonchev–Trinajstić information content (AvgIpc) is 3.01. The lowest BCUT2D eigenvalue weighted by Crippen LogP contribution is -2.38. The number of carbonyl (C=O) groups is 1. The third-order valence-electron chi connectivity index (χ3n) is 3.91. The fourth-order valence-corrected chi connectivity index (χ4v) is 2.83. The molecular formula is C17H18ClN3O2. The summed E-state index contributed by atoms with van der Waals surface area (Å²) in [4.78, 5) is 18.5. The molecule has 1 aromatic heterocycles. The van der Waals surface area contributed by atoms with E-state index in [0.29, 0.717) is 23.3 Å². The minimum atomic E-state index is 0.000822. The van der Waals surface area contributed by atoms with Gasteiger partial charge in [0.1, 0.15) is 0 Å². The van der Waals surface area contributed by atoms with E-state index in [0.717, 1.165) is 24.9 Å². The summed E-state index contributed by atoms with van der Waals surface area (Å²) in [5.41, 5.74) is 0.948. The zero-order chi connectivity index (χ0) is 16.2. The predicted molar refractivity (Wildman–Crippen MR) is 88.1 cm³/mol. The smallest absolute Gasteiger partial charge is 0.246 e. The first-order valence-electron chi connectivity index (χ1n) is 7.64. The molecule has 1 aromatic carbocycles. The highest BCUT2D eigenvalue weighted by Gasteiger charge is 2.27. The van der Waals surface area contributed by atoms with Gasteiger partial charge in [-0.1, -0.05) is 28.9 Å². The van der Waals surface area contributed by atoms with Crippen molar-refractivity contribution in [3.8, 4) is 0 Å². The molecule has 23 heavy (non-hydrogen) atoms. The minimum absolute atomic E-state index is 0.000822. The molecule has 1 unspecified atom stereocenters. The highest BCUT2D eigenvalue weighted by atomic mass is 35.5. The van der Waals surface area contributed by atoms with E-state index in [1.54, 1.807) is 31.2 Å². The molecule has 2 heterocycles. The Hall–Kier alpha value is -2.14. The Kier molecular flexibility index (Phi) is 4.76. The van der Waals surface area contributed by atoms with E-state index >= 15 is 0 Å². The van der Waals surface area contributed by atoms with Crippen LogP contribution in [0.4, 0.5) is 0 Å². The monoisotopic (exact) mass is 331 g/mol. The van der Waals surface area contributed by atoms with Gasteiger partial charge in [-0.2, -0.15) is 4.98 Å². The van der Waals surface area contributed by atoms with Crippen LogP contribution in [0.1, 0.15) is 36.0 Å². The summed E-state index contributed by atoms with van der Waals surface area (Å²) in [6.45, 7) is 3.17. The molecule has 0 spiro atoms. The van der Waals surface area contributed by atoms with Crippen molar-refractivity contribution in [1.82, 2.24) is 15.0 Å². The maximum absolute atomic E-state index is 12.4. The number of hydrogen-bond acceptors (Lipinski definition) is 4. The third-order valence-corrected chi connectivity index (χ3v) is 4.17. The van der Waals surface area contributed by atoms with E-state index in [1.165, 1.54) is 0 Å². The summed E-state index contributed by atoms with van der Waals surface area (Å²) in [6.07, 6.45) is 5.31. The van der Waals surface area contributed by atoms with Gasteiger partial charge in [-0.05, 0) is 43.5 Å². The van der Waals surface area contributed by atoms with Crippen LogP contribution in [0.5, 0.6) is 0 Å². The lowest BCUT2D eigenvalue weighted by atomic mass is 9.98. The molecule has 6 heteroatoms. The molecular weight excluding hydrogens is 314 g/mol. The number of aromatic nitrogens is 2. The first kappa shape index (κ1) is 15.7. The minimum Gasteiger partial charge on any atom is -0.339 e. The van der Waals surface area contributed by atoms with Crippen molar-refractivity contribution in [2.45, 2.75) is 25.7 Å². The highest BCUT2D eigenvalue weighted by Crippen LogP contribution is 2.25. The van der Waals surface area contributed by atoms with Gasteiger partial charge in [0.2, 0.25) is 11.8 Å². The molecule has 5 nitrogen and oxygen atoms in total. The Balaban J connectivity index is 1.63. The van der Waals surface area contributed by atoms with E-state index in [2.05, 4.69) is 10.1 Å². The van der Waals surface area contributed by atoms with Crippen LogP contribution in [0.15, 0.2) is 34.9 Å². The zero-order valence-corrected chi connectivity index (χ0v) is 13.7. The molecule has 2 aromatic rings. The van der Waals surface area contributed by atoms with Gasteiger partial charge in [-0.3, -0.25) is 4.79 Å². The second kappa shape index (κ2) is 6.96. The summed E-state index contributed by atoms with van der Waals surface area (Å²) in [6, 6.07) is 7.37. The predicted octanol–water partition coefficient (Wildman–Crippen LogP) is 3.45. The second-order valence-corrected chi connectivity index (χ2v) is 6.12. The SMILES string of the molecule is Cc1noc(C2CCCN(C(=O)/C=C/c3ccc(Cl)cc3)C2)n1. The molecule has 0 aliphatic carbocycles. The molecule has 0 N–H and O–H groups in total. The van der Waals surface area contributed by atoms with Crippen molar-refractivity contribution in [2.75, 3.05) is 13.1 Å². The molecule has 1 saturated heterocycles. The maximum Gasteiger partial charge on any atom is 0.246 e. The van der Waals surface area contributed by atoms with Crippen molar-refractivity contribution in [2.24, 2.45) is 0 Å². The van der Waals surface area contributed by atoms with Crippen molar-refractivity contribution >= 4 is 23.6 Å². The number of benzene rings is 1. The first-order chi connectivity index (χ1) is 11.1. The summed E-state index contributed by atoms with van der Waals surface area (Å²) >= 11 is 5.85. The van der Waals surface area contributed by atoms with Crippen molar-refractivity contribution in [1.29, 1.82) is 0 Å². The average molecular weight is 332 g/mol. The largest absolute Gasteiger partial charge is 0.339 e. The number of amides is 1. The van der Waals surface area contributed by atoms with Gasteiger partial charge < -0.3 is 9.42 Å². The normalized spacial score (nSPS) is 18.5. The molecule has 1 atom stereocenters. The molecule has 1 aliphatic rings. The highest BCUT2D eigenvalue weighted by molar-refractivity contribution is 6.30. The fraction of sp³-hybridized carbons (Fsp3) is 0.353. The molecule has 120 valence electrons. The lowest BCUT2D eigenvalue weighted by molar-refractivity contribution is -0.127. The Morgan fingerprint density at radius 3 is 2.87 bits per heavy atom. The molecule has 0 bridgehead atoms. The van der Waals surface area contributed by atoms with Gasteiger partial charge in [-0.25, -0.2) is 0 Å². The van der Waals surface area contributed by atoms with Gasteiger partial charge in [0.25, 0.3) is 0 Å². The molecule has 0 saturated carbocycles. The number of likely N-dealkylation sites (tertiary alicyclic amines) is 1. The quantitative estimate of drug-likeness (QED) is 0.808. The number of hydrogen-bond donors (Lipinski definition) is 0. The Labute approximate surface area is 139 Å². The topological polar surface area (TPSA) is 59.2 Å². The van der Waals surface area contributed by atoms with Crippen molar-refractivity contribution in [3.63, 3.8) is 0 Å². The van der Waals surface area contributed by atoms with Crippen LogP contribution in [0, 0.1) is 6.92 Å². The van der Waals surface area contributed by atoms with Crippen LogP contribution in [0.2, 0.25) is 5.02 Å². The van der Waals surface area contributed by atoms with E-state index in [-0.39, 0.29) is 11.8 Å². The summed E-state index contributed by atoms with van der Waals surface area (Å²) < 4.78 is 5.24. The molecule has 1 amide bonds. The van der Waals surface area contributed by atoms with Crippen molar-refractivity contribution < 1.29 is 9.32 Å². The molecule has 1 fully saturated rings. The standard InChI is InChI=1S/C17H18ClN3O2/c1-12-19-17(23-20-12)14-3-2-10-21(11-14)16(22)9-6-13-4-7-15(18)8-5-13/h4-9,14H,2-3,10-11H2,1H3/b9-6+. The van der Waals surface area contributed by atoms with Gasteiger partial charge in [0, 0.05) is 24.2 Å². The lowest BCUT2D eigenvalue weighted by Gasteiger charge is -2.30. The second-order valence-electron chi connectivity index (χ2n) is 5.69. The fourth-order valence-electron chi connectivity index (χ4n) is 2.70. The van der Waals surface area contributed by atoms with E-state index < -0.39 is 0 Å². The van der Waals surface area contributed by atoms with Crippen LogP contribution >= 0.6 is 11.6 Å². The van der Waals surface area contributed by atoms with Gasteiger partial charge in [0.05, 0.1) is 5.92 Å². The van der Waals surface area contributed by atoms with Gasteiger partial charge in [0.15, 0.2) is 5.82 Å². The Morgan fingerprint density at radius 2 is 2.17 bits per heavy atom. The number of nitrogens with zero attached hydrogens (tertiary/aromatic N) is 3. The Bertz CT molecular complexity index is 709. The summed E-state index contributed by atoms with van der Waals surface area (Å²) in [5.74, 6) is 1.38. The van der Waals surface area contributed by atoms with Crippen LogP contribution in [-0.2, 0) is 4.79 Å². The molecule has 1 aliphatic heterocycles. The van der Waals surface area contributed by atoms with E-state index in [9.17, 15) is 4.79 Å². The maximum atomic E-state index is 12.4. The van der Waals surface area contributed by atoms with Crippen molar-refractivity contribution in [3.05, 3.63) is 52.6 Å². The number of halogens is 1. The van der Waals surface area contributed by atoms with Crippen LogP contribution < -0.4 is 0 Å². The van der Waals surface area contributed by atoms with E-state index in [4.69, 9.17) is 16.1 Å². The number of rotatable bonds is 3. The summed E-state index contributed by atoms with van der Waals surface area (Å²) in [5, 5.41) is 4.51.